The number of halogens is 7. The molecule has 0 unspecified atom stereocenters. The summed E-state index contributed by atoms with van der Waals surface area (Å²) in [6, 6.07) is 6.10. The van der Waals surface area contributed by atoms with Crippen molar-refractivity contribution < 1.29 is 22.0 Å². The van der Waals surface area contributed by atoms with Crippen LogP contribution >= 0.6 is 24.8 Å². The van der Waals surface area contributed by atoms with Crippen LogP contribution in [0.3, 0.4) is 0 Å². The maximum Gasteiger partial charge on any atom is 0.435 e. The van der Waals surface area contributed by atoms with Gasteiger partial charge >= 0.3 is 6.18 Å². The predicted octanol–water partition coefficient (Wildman–Crippen LogP) is 4.69. The van der Waals surface area contributed by atoms with Crippen LogP contribution in [0.2, 0.25) is 0 Å². The topological polar surface area (TPSA) is 41.0 Å². The smallest absolute Gasteiger partial charge is 0.366 e. The van der Waals surface area contributed by atoms with Crippen molar-refractivity contribution in [3.63, 3.8) is 0 Å². The fraction of sp³-hybridized carbons (Fsp3) is 0.412. The highest BCUT2D eigenvalue weighted by molar-refractivity contribution is 5.85. The zero-order valence-electron chi connectivity index (χ0n) is 14.5. The highest BCUT2D eigenvalue weighted by Crippen LogP contribution is 2.27. The summed E-state index contributed by atoms with van der Waals surface area (Å²) in [6.45, 7) is 1.97. The van der Waals surface area contributed by atoms with E-state index in [1.54, 1.807) is 6.07 Å². The average molecular weight is 445 g/mol. The SMILES string of the molecule is Cl.Cl.Fc1ccc(CN2CCC(Nc3ccc(C(F)(F)F)nn3)CC2)cc1F. The Morgan fingerprint density at radius 3 is 2.18 bits per heavy atom. The van der Waals surface area contributed by atoms with Gasteiger partial charge in [-0.15, -0.1) is 35.0 Å². The molecule has 2 heterocycles. The van der Waals surface area contributed by atoms with Crippen LogP contribution in [0.4, 0.5) is 27.8 Å². The van der Waals surface area contributed by atoms with Gasteiger partial charge in [0.1, 0.15) is 5.82 Å². The van der Waals surface area contributed by atoms with Crippen molar-refractivity contribution in [2.75, 3.05) is 18.4 Å². The molecule has 1 aliphatic heterocycles. The average Bonchev–Trinajstić information content (AvgIpc) is 2.60. The van der Waals surface area contributed by atoms with Gasteiger partial charge in [0, 0.05) is 25.7 Å². The van der Waals surface area contributed by atoms with E-state index in [9.17, 15) is 22.0 Å². The van der Waals surface area contributed by atoms with Gasteiger partial charge in [-0.25, -0.2) is 8.78 Å². The van der Waals surface area contributed by atoms with Gasteiger partial charge in [0.15, 0.2) is 17.3 Å². The van der Waals surface area contributed by atoms with Crippen molar-refractivity contribution >= 4 is 30.6 Å². The molecule has 1 N–H and O–H groups in total. The van der Waals surface area contributed by atoms with E-state index in [1.165, 1.54) is 12.1 Å². The van der Waals surface area contributed by atoms with Gasteiger partial charge in [0.05, 0.1) is 0 Å². The van der Waals surface area contributed by atoms with E-state index in [0.717, 1.165) is 38.1 Å². The summed E-state index contributed by atoms with van der Waals surface area (Å²) in [4.78, 5) is 2.11. The predicted molar refractivity (Wildman–Crippen MR) is 99.8 cm³/mol. The molecule has 0 aliphatic carbocycles. The molecule has 0 saturated carbocycles. The molecule has 3 rings (SSSR count). The highest BCUT2D eigenvalue weighted by Gasteiger charge is 2.33. The first kappa shape index (κ1) is 24.3. The lowest BCUT2D eigenvalue weighted by Gasteiger charge is -2.32. The van der Waals surface area contributed by atoms with Crippen LogP contribution in [0.25, 0.3) is 0 Å². The molecule has 1 fully saturated rings. The molecular weight excluding hydrogens is 426 g/mol. The summed E-state index contributed by atoms with van der Waals surface area (Å²) < 4.78 is 63.6. The lowest BCUT2D eigenvalue weighted by molar-refractivity contribution is -0.141. The first-order chi connectivity index (χ1) is 12.3. The van der Waals surface area contributed by atoms with Gasteiger partial charge in [0.25, 0.3) is 0 Å². The molecule has 0 radical (unpaired) electrons. The summed E-state index contributed by atoms with van der Waals surface area (Å²) >= 11 is 0. The quantitative estimate of drug-likeness (QED) is 0.694. The van der Waals surface area contributed by atoms with Gasteiger partial charge in [0.2, 0.25) is 0 Å². The number of hydrogen-bond donors (Lipinski definition) is 1. The number of aromatic nitrogens is 2. The monoisotopic (exact) mass is 444 g/mol. The molecule has 1 aromatic carbocycles. The number of anilines is 1. The zero-order chi connectivity index (χ0) is 18.7. The van der Waals surface area contributed by atoms with Gasteiger partial charge in [-0.2, -0.15) is 13.2 Å². The van der Waals surface area contributed by atoms with Crippen LogP contribution < -0.4 is 5.32 Å². The van der Waals surface area contributed by atoms with Crippen molar-refractivity contribution in [1.29, 1.82) is 0 Å². The Hall–Kier alpha value is -1.71. The number of alkyl halides is 3. The summed E-state index contributed by atoms with van der Waals surface area (Å²) in [5, 5.41) is 9.84. The number of benzene rings is 1. The Labute approximate surface area is 171 Å². The van der Waals surface area contributed by atoms with Gasteiger partial charge in [-0.3, -0.25) is 4.90 Å². The highest BCUT2D eigenvalue weighted by atomic mass is 35.5. The molecule has 0 spiro atoms. The number of likely N-dealkylation sites (tertiary alicyclic amines) is 1. The standard InChI is InChI=1S/C17H17F5N4.2ClH/c18-13-2-1-11(9-14(13)19)10-26-7-5-12(6-8-26)23-16-4-3-15(24-25-16)17(20,21)22;;/h1-4,9,12H,5-8,10H2,(H,23,25);2*1H. The minimum Gasteiger partial charge on any atom is -0.366 e. The maximum atomic E-state index is 13.3. The fourth-order valence-corrected chi connectivity index (χ4v) is 2.90. The third-order valence-electron chi connectivity index (χ3n) is 4.28. The first-order valence-electron chi connectivity index (χ1n) is 8.15. The second-order valence-electron chi connectivity index (χ2n) is 6.24. The normalized spacial score (nSPS) is 15.5. The first-order valence-corrected chi connectivity index (χ1v) is 8.15. The Balaban J connectivity index is 0.00000196. The summed E-state index contributed by atoms with van der Waals surface area (Å²) in [5.41, 5.74) is -0.326. The van der Waals surface area contributed by atoms with Crippen LogP contribution in [-0.4, -0.2) is 34.2 Å². The van der Waals surface area contributed by atoms with E-state index in [2.05, 4.69) is 20.4 Å². The molecule has 2 aromatic rings. The second-order valence-corrected chi connectivity index (χ2v) is 6.24. The Morgan fingerprint density at radius 2 is 1.64 bits per heavy atom. The Kier molecular flexibility index (Phi) is 8.84. The van der Waals surface area contributed by atoms with E-state index in [-0.39, 0.29) is 30.9 Å². The molecule has 1 aromatic heterocycles. The summed E-state index contributed by atoms with van der Waals surface area (Å²) in [7, 11) is 0. The summed E-state index contributed by atoms with van der Waals surface area (Å²) in [5.74, 6) is -1.42. The lowest BCUT2D eigenvalue weighted by atomic mass is 10.0. The number of nitrogens with one attached hydrogen (secondary N) is 1. The number of piperidine rings is 1. The molecule has 1 aliphatic rings. The van der Waals surface area contributed by atoms with Crippen molar-refractivity contribution in [3.8, 4) is 0 Å². The fourth-order valence-electron chi connectivity index (χ4n) is 2.90. The molecule has 0 bridgehead atoms. The molecule has 156 valence electrons. The van der Waals surface area contributed by atoms with Crippen molar-refractivity contribution in [2.45, 2.75) is 31.6 Å². The molecule has 11 heteroatoms. The molecular formula is C17H19Cl2F5N4. The minimum absolute atomic E-state index is 0. The van der Waals surface area contributed by atoms with E-state index in [1.807, 2.05) is 0 Å². The zero-order valence-corrected chi connectivity index (χ0v) is 16.2. The van der Waals surface area contributed by atoms with Crippen LogP contribution in [0, 0.1) is 11.6 Å². The van der Waals surface area contributed by atoms with Crippen LogP contribution in [0.5, 0.6) is 0 Å². The van der Waals surface area contributed by atoms with Crippen LogP contribution in [-0.2, 0) is 12.7 Å². The third kappa shape index (κ3) is 6.42. The number of rotatable bonds is 4. The van der Waals surface area contributed by atoms with Crippen molar-refractivity contribution in [2.24, 2.45) is 0 Å². The van der Waals surface area contributed by atoms with Crippen molar-refractivity contribution in [3.05, 3.63) is 53.2 Å². The van der Waals surface area contributed by atoms with E-state index in [4.69, 9.17) is 0 Å². The maximum absolute atomic E-state index is 13.3. The van der Waals surface area contributed by atoms with Gasteiger partial charge in [-0.05, 0) is 42.7 Å². The molecule has 1 saturated heterocycles. The number of nitrogens with zero attached hydrogens (tertiary/aromatic N) is 3. The Morgan fingerprint density at radius 1 is 0.964 bits per heavy atom. The summed E-state index contributed by atoms with van der Waals surface area (Å²) in [6.07, 6.45) is -2.99. The van der Waals surface area contributed by atoms with Gasteiger partial charge in [-0.1, -0.05) is 6.07 Å². The Bertz CT molecular complexity index is 750. The molecule has 0 amide bonds. The van der Waals surface area contributed by atoms with Gasteiger partial charge < -0.3 is 5.32 Å². The van der Waals surface area contributed by atoms with E-state index >= 15 is 0 Å². The third-order valence-corrected chi connectivity index (χ3v) is 4.28. The molecule has 28 heavy (non-hydrogen) atoms. The number of hydrogen-bond acceptors (Lipinski definition) is 4. The molecule has 4 nitrogen and oxygen atoms in total. The lowest BCUT2D eigenvalue weighted by Crippen LogP contribution is -2.38. The van der Waals surface area contributed by atoms with Crippen LogP contribution in [0.1, 0.15) is 24.1 Å². The second kappa shape index (κ2) is 10.2. The van der Waals surface area contributed by atoms with E-state index < -0.39 is 23.5 Å². The van der Waals surface area contributed by atoms with Crippen molar-refractivity contribution in [1.82, 2.24) is 15.1 Å². The minimum atomic E-state index is -4.50. The van der Waals surface area contributed by atoms with Crippen LogP contribution in [0.15, 0.2) is 30.3 Å². The van der Waals surface area contributed by atoms with E-state index in [0.29, 0.717) is 17.9 Å². The molecule has 0 atom stereocenters. The largest absolute Gasteiger partial charge is 0.435 e.